The SMILES string of the molecule is CC(=O)Nc1cccc(C(=O)[Te](Cl)(Cl)C(=O)c2cccc(NC(C)=O)c2)c1. The Kier molecular flexibility index (Phi) is 7.01. The molecule has 2 N–H and O–H groups in total. The van der Waals surface area contributed by atoms with Crippen molar-refractivity contribution in [1.82, 2.24) is 0 Å². The van der Waals surface area contributed by atoms with Crippen molar-refractivity contribution < 1.29 is 19.2 Å². The molecule has 9 heteroatoms. The fraction of sp³-hybridized carbons (Fsp3) is 0.111. The first kappa shape index (κ1) is 21.4. The van der Waals surface area contributed by atoms with Crippen LogP contribution in [0, 0.1) is 0 Å². The van der Waals surface area contributed by atoms with Gasteiger partial charge in [-0.1, -0.05) is 0 Å². The van der Waals surface area contributed by atoms with Crippen LogP contribution in [0.2, 0.25) is 0 Å². The molecule has 6 nitrogen and oxygen atoms in total. The second-order valence-electron chi connectivity index (χ2n) is 5.57. The fourth-order valence-corrected chi connectivity index (χ4v) is 7.52. The number of hydrogen-bond acceptors (Lipinski definition) is 4. The maximum absolute atomic E-state index is 12.8. The van der Waals surface area contributed by atoms with E-state index in [1.807, 2.05) is 0 Å². The van der Waals surface area contributed by atoms with E-state index in [0.29, 0.717) is 11.4 Å². The molecule has 2 aromatic rings. The van der Waals surface area contributed by atoms with E-state index >= 15 is 0 Å². The van der Waals surface area contributed by atoms with Gasteiger partial charge in [-0.3, -0.25) is 0 Å². The van der Waals surface area contributed by atoms with E-state index in [0.717, 1.165) is 0 Å². The maximum atomic E-state index is 12.8. The Morgan fingerprint density at radius 3 is 1.44 bits per heavy atom. The molecule has 142 valence electrons. The van der Waals surface area contributed by atoms with E-state index in [1.165, 1.54) is 38.1 Å². The van der Waals surface area contributed by atoms with Gasteiger partial charge in [0.25, 0.3) is 0 Å². The van der Waals surface area contributed by atoms with Gasteiger partial charge >= 0.3 is 168 Å². The van der Waals surface area contributed by atoms with Crippen LogP contribution < -0.4 is 10.6 Å². The number of rotatable bonds is 6. The molecule has 0 fully saturated rings. The van der Waals surface area contributed by atoms with Crippen LogP contribution in [-0.2, 0) is 9.59 Å². The second-order valence-corrected chi connectivity index (χ2v) is 17.6. The zero-order valence-electron chi connectivity index (χ0n) is 14.4. The van der Waals surface area contributed by atoms with Crippen LogP contribution in [0.3, 0.4) is 0 Å². The third-order valence-corrected chi connectivity index (χ3v) is 11.1. The van der Waals surface area contributed by atoms with Crippen molar-refractivity contribution in [2.75, 3.05) is 10.6 Å². The molecule has 0 aliphatic rings. The molecular formula is C18H16Cl2N2O4Te. The zero-order chi connectivity index (χ0) is 20.2. The molecule has 0 atom stereocenters. The zero-order valence-corrected chi connectivity index (χ0v) is 18.3. The Bertz CT molecular complexity index is 858. The Labute approximate surface area is 167 Å². The molecule has 0 unspecified atom stereocenters. The number of amides is 2. The van der Waals surface area contributed by atoms with Gasteiger partial charge in [0.15, 0.2) is 0 Å². The van der Waals surface area contributed by atoms with E-state index < -0.39 is 23.6 Å². The summed E-state index contributed by atoms with van der Waals surface area (Å²) in [6.07, 6.45) is 0. The van der Waals surface area contributed by atoms with Gasteiger partial charge in [0.1, 0.15) is 0 Å². The van der Waals surface area contributed by atoms with Crippen LogP contribution in [0.5, 0.6) is 0 Å². The summed E-state index contributed by atoms with van der Waals surface area (Å²) in [6.45, 7) is 2.68. The van der Waals surface area contributed by atoms with Gasteiger partial charge in [-0.2, -0.15) is 0 Å². The van der Waals surface area contributed by atoms with Gasteiger partial charge in [0.2, 0.25) is 0 Å². The van der Waals surface area contributed by atoms with Crippen LogP contribution in [0.1, 0.15) is 34.6 Å². The average Bonchev–Trinajstić information content (AvgIpc) is 2.59. The molecule has 0 bridgehead atoms. The van der Waals surface area contributed by atoms with E-state index in [-0.39, 0.29) is 22.9 Å². The number of carbonyl (C=O) groups is 4. The molecule has 0 spiro atoms. The van der Waals surface area contributed by atoms with Crippen molar-refractivity contribution in [3.8, 4) is 0 Å². The van der Waals surface area contributed by atoms with Crippen molar-refractivity contribution in [3.05, 3.63) is 59.7 Å². The van der Waals surface area contributed by atoms with Crippen molar-refractivity contribution in [3.63, 3.8) is 0 Å². The predicted molar refractivity (Wildman–Crippen MR) is 108 cm³/mol. The molecule has 0 saturated heterocycles. The quantitative estimate of drug-likeness (QED) is 0.566. The molecule has 0 heterocycles. The summed E-state index contributed by atoms with van der Waals surface area (Å²) in [5, 5.41) is 5.11. The normalized spacial score (nSPS) is 11.4. The van der Waals surface area contributed by atoms with Gasteiger partial charge < -0.3 is 0 Å². The first-order valence-electron chi connectivity index (χ1n) is 7.68. The van der Waals surface area contributed by atoms with Crippen molar-refractivity contribution >= 4 is 64.7 Å². The average molecular weight is 523 g/mol. The standard InChI is InChI=1S/C18H16Cl2N2O4Te/c1-11(23)21-15-7-3-5-13(9-15)17(25)27(19,20)18(26)14-6-4-8-16(10-14)22-12(2)24/h3-10H,1-2H3,(H,21,23)(H,22,24). The number of nitrogens with one attached hydrogen (secondary N) is 2. The molecule has 0 saturated carbocycles. The molecule has 2 amide bonds. The Hall–Kier alpha value is -1.91. The predicted octanol–water partition coefficient (Wildman–Crippen LogP) is 3.67. The van der Waals surface area contributed by atoms with Crippen molar-refractivity contribution in [2.24, 2.45) is 0 Å². The molecule has 0 radical (unpaired) electrons. The molecule has 0 aromatic heterocycles. The van der Waals surface area contributed by atoms with Gasteiger partial charge in [-0.05, 0) is 0 Å². The summed E-state index contributed by atoms with van der Waals surface area (Å²) in [4.78, 5) is 47.9. The third kappa shape index (κ3) is 5.53. The minimum absolute atomic E-state index is 0.152. The molecule has 0 aliphatic heterocycles. The first-order chi connectivity index (χ1) is 12.6. The second kappa shape index (κ2) is 8.85. The molecule has 2 rings (SSSR count). The molecule has 0 aliphatic carbocycles. The topological polar surface area (TPSA) is 92.3 Å². The number of benzene rings is 2. The van der Waals surface area contributed by atoms with Crippen molar-refractivity contribution in [1.29, 1.82) is 0 Å². The van der Waals surface area contributed by atoms with E-state index in [4.69, 9.17) is 17.9 Å². The summed E-state index contributed by atoms with van der Waals surface area (Å²) in [5.74, 6) is -0.592. The van der Waals surface area contributed by atoms with Crippen LogP contribution in [0.4, 0.5) is 11.4 Å². The van der Waals surface area contributed by atoms with Gasteiger partial charge in [-0.25, -0.2) is 0 Å². The number of hydrogen-bond donors (Lipinski definition) is 2. The summed E-state index contributed by atoms with van der Waals surface area (Å²) in [6, 6.07) is 12.2. The van der Waals surface area contributed by atoms with E-state index in [1.54, 1.807) is 24.3 Å². The minimum atomic E-state index is -4.70. The number of anilines is 2. The number of halogens is 2. The summed E-state index contributed by atoms with van der Waals surface area (Å²) in [5.41, 5.74) is 1.11. The van der Waals surface area contributed by atoms with Crippen LogP contribution >= 0.6 is 17.9 Å². The van der Waals surface area contributed by atoms with Gasteiger partial charge in [0, 0.05) is 0 Å². The van der Waals surface area contributed by atoms with E-state index in [2.05, 4.69) is 10.6 Å². The summed E-state index contributed by atoms with van der Waals surface area (Å²) in [7, 11) is 12.6. The molecule has 2 aromatic carbocycles. The first-order valence-corrected chi connectivity index (χ1v) is 15.9. The number of carbonyl (C=O) groups excluding carboxylic acids is 4. The Morgan fingerprint density at radius 1 is 0.741 bits per heavy atom. The summed E-state index contributed by atoms with van der Waals surface area (Å²) >= 11 is -4.70. The molecular weight excluding hydrogens is 507 g/mol. The van der Waals surface area contributed by atoms with E-state index in [9.17, 15) is 19.2 Å². The van der Waals surface area contributed by atoms with Crippen LogP contribution in [0.15, 0.2) is 48.5 Å². The molecule has 27 heavy (non-hydrogen) atoms. The Morgan fingerprint density at radius 2 is 1.11 bits per heavy atom. The third-order valence-electron chi connectivity index (χ3n) is 3.30. The summed E-state index contributed by atoms with van der Waals surface area (Å²) < 4.78 is -1.27. The van der Waals surface area contributed by atoms with Crippen LogP contribution in [0.25, 0.3) is 0 Å². The van der Waals surface area contributed by atoms with Crippen LogP contribution in [-0.4, -0.2) is 35.4 Å². The van der Waals surface area contributed by atoms with Gasteiger partial charge in [0.05, 0.1) is 0 Å². The van der Waals surface area contributed by atoms with Crippen molar-refractivity contribution in [2.45, 2.75) is 13.8 Å². The Balaban J connectivity index is 2.31. The monoisotopic (exact) mass is 524 g/mol. The van der Waals surface area contributed by atoms with Gasteiger partial charge in [-0.15, -0.1) is 0 Å². The fourth-order valence-electron chi connectivity index (χ4n) is 2.23.